The Kier molecular flexibility index (Phi) is 9.47. The number of rotatable bonds is 9. The zero-order chi connectivity index (χ0) is 27.8. The van der Waals surface area contributed by atoms with Gasteiger partial charge in [-0.1, -0.05) is 24.0 Å². The monoisotopic (exact) mass is 538 g/mol. The van der Waals surface area contributed by atoms with Gasteiger partial charge in [-0.05, 0) is 92.4 Å². The Bertz CT molecular complexity index is 1350. The first-order chi connectivity index (χ1) is 18.7. The van der Waals surface area contributed by atoms with Gasteiger partial charge in [0.2, 0.25) is 0 Å². The van der Waals surface area contributed by atoms with Crippen LogP contribution in [0, 0.1) is 23.7 Å². The molecule has 1 aromatic heterocycles. The Morgan fingerprint density at radius 3 is 2.74 bits per heavy atom. The number of nitrogens with zero attached hydrogens (tertiary/aromatic N) is 2. The predicted molar refractivity (Wildman–Crippen MR) is 144 cm³/mol. The van der Waals surface area contributed by atoms with Crippen molar-refractivity contribution in [2.24, 2.45) is 11.8 Å². The average Bonchev–Trinajstić information content (AvgIpc) is 2.92. The number of likely N-dealkylation sites (tertiary alicyclic amines) is 1. The molecule has 0 spiro atoms. The van der Waals surface area contributed by atoms with Crippen LogP contribution in [-0.4, -0.2) is 47.7 Å². The summed E-state index contributed by atoms with van der Waals surface area (Å²) in [6, 6.07) is 13.3. The number of fused-ring (bicyclic) bond motifs is 1. The maximum atomic E-state index is 13.3. The summed E-state index contributed by atoms with van der Waals surface area (Å²) in [6.07, 6.45) is 1.82. The number of benzene rings is 2. The molecule has 1 N–H and O–H groups in total. The van der Waals surface area contributed by atoms with Crippen molar-refractivity contribution in [1.29, 1.82) is 0 Å². The van der Waals surface area contributed by atoms with E-state index in [2.05, 4.69) is 21.7 Å². The summed E-state index contributed by atoms with van der Waals surface area (Å²) in [6.45, 7) is 1.84. The molecular formula is C31H33F3N2O3. The Labute approximate surface area is 227 Å². The predicted octanol–water partition coefficient (Wildman–Crippen LogP) is 6.44. The molecule has 1 aliphatic rings. The third kappa shape index (κ3) is 7.73. The van der Waals surface area contributed by atoms with Crippen molar-refractivity contribution in [2.45, 2.75) is 44.7 Å². The number of hydrogen-bond donors (Lipinski definition) is 1. The van der Waals surface area contributed by atoms with Crippen molar-refractivity contribution in [3.05, 3.63) is 71.4 Å². The topological polar surface area (TPSA) is 62.7 Å². The molecular weight excluding hydrogens is 505 g/mol. The van der Waals surface area contributed by atoms with Crippen LogP contribution in [0.25, 0.3) is 10.9 Å². The summed E-state index contributed by atoms with van der Waals surface area (Å²) in [4.78, 5) is 17.9. The van der Waals surface area contributed by atoms with Crippen molar-refractivity contribution < 1.29 is 27.8 Å². The van der Waals surface area contributed by atoms with E-state index in [0.717, 1.165) is 54.9 Å². The molecule has 0 amide bonds. The van der Waals surface area contributed by atoms with Crippen LogP contribution in [-0.2, 0) is 17.4 Å². The SMILES string of the molecule is COc1ccc2nccc(CCC[C@@H]3CCN(CC#Cc4ccccc4C(F)(F)F)C[C@@H]3CCC(=O)O)c2c1. The number of halogens is 3. The maximum Gasteiger partial charge on any atom is 0.417 e. The van der Waals surface area contributed by atoms with E-state index in [4.69, 9.17) is 4.74 Å². The number of alkyl halides is 3. The number of methoxy groups -OCH3 is 1. The van der Waals surface area contributed by atoms with Crippen LogP contribution in [0.5, 0.6) is 5.75 Å². The first kappa shape index (κ1) is 28.4. The minimum absolute atomic E-state index is 0.0245. The van der Waals surface area contributed by atoms with Gasteiger partial charge >= 0.3 is 12.1 Å². The number of aliphatic carboxylic acids is 1. The average molecular weight is 539 g/mol. The lowest BCUT2D eigenvalue weighted by atomic mass is 9.79. The normalized spacial score (nSPS) is 17.9. The zero-order valence-electron chi connectivity index (χ0n) is 22.0. The van der Waals surface area contributed by atoms with Crippen LogP contribution >= 0.6 is 0 Å². The lowest BCUT2D eigenvalue weighted by Crippen LogP contribution is -2.41. The molecule has 206 valence electrons. The maximum absolute atomic E-state index is 13.3. The highest BCUT2D eigenvalue weighted by molar-refractivity contribution is 5.83. The number of carboxylic acid groups (broad SMARTS) is 1. The van der Waals surface area contributed by atoms with Gasteiger partial charge in [-0.2, -0.15) is 13.2 Å². The molecule has 1 aliphatic heterocycles. The molecule has 39 heavy (non-hydrogen) atoms. The molecule has 0 saturated carbocycles. The first-order valence-corrected chi connectivity index (χ1v) is 13.3. The van der Waals surface area contributed by atoms with Crippen LogP contribution in [0.2, 0.25) is 0 Å². The van der Waals surface area contributed by atoms with E-state index in [1.807, 2.05) is 30.5 Å². The van der Waals surface area contributed by atoms with Crippen molar-refractivity contribution in [3.63, 3.8) is 0 Å². The summed E-state index contributed by atoms with van der Waals surface area (Å²) in [5, 5.41) is 10.4. The first-order valence-electron chi connectivity index (χ1n) is 13.3. The molecule has 8 heteroatoms. The minimum Gasteiger partial charge on any atom is -0.497 e. The highest BCUT2D eigenvalue weighted by Crippen LogP contribution is 2.33. The fraction of sp³-hybridized carbons (Fsp3) is 0.419. The van der Waals surface area contributed by atoms with Gasteiger partial charge in [-0.3, -0.25) is 14.7 Å². The van der Waals surface area contributed by atoms with Crippen molar-refractivity contribution in [1.82, 2.24) is 9.88 Å². The van der Waals surface area contributed by atoms with E-state index in [1.165, 1.54) is 17.7 Å². The van der Waals surface area contributed by atoms with E-state index in [1.54, 1.807) is 13.2 Å². The Hall–Kier alpha value is -3.57. The Balaban J connectivity index is 1.38. The van der Waals surface area contributed by atoms with E-state index >= 15 is 0 Å². The van der Waals surface area contributed by atoms with Crippen LogP contribution in [0.15, 0.2) is 54.7 Å². The second kappa shape index (κ2) is 13.0. The van der Waals surface area contributed by atoms with Gasteiger partial charge < -0.3 is 9.84 Å². The fourth-order valence-corrected chi connectivity index (χ4v) is 5.48. The van der Waals surface area contributed by atoms with E-state index in [0.29, 0.717) is 25.4 Å². The van der Waals surface area contributed by atoms with E-state index in [9.17, 15) is 23.1 Å². The van der Waals surface area contributed by atoms with Crippen molar-refractivity contribution in [2.75, 3.05) is 26.7 Å². The van der Waals surface area contributed by atoms with Gasteiger partial charge in [-0.15, -0.1) is 0 Å². The number of aromatic nitrogens is 1. The molecule has 5 nitrogen and oxygen atoms in total. The Morgan fingerprint density at radius 2 is 1.97 bits per heavy atom. The largest absolute Gasteiger partial charge is 0.497 e. The number of ether oxygens (including phenoxy) is 1. The second-order valence-electron chi connectivity index (χ2n) is 10.1. The minimum atomic E-state index is -4.44. The summed E-state index contributed by atoms with van der Waals surface area (Å²) in [5.41, 5.74) is 1.40. The Morgan fingerprint density at radius 1 is 1.15 bits per heavy atom. The third-order valence-electron chi connectivity index (χ3n) is 7.52. The van der Waals surface area contributed by atoms with Crippen molar-refractivity contribution in [3.8, 4) is 17.6 Å². The lowest BCUT2D eigenvalue weighted by Gasteiger charge is -2.38. The lowest BCUT2D eigenvalue weighted by molar-refractivity contribution is -0.138. The van der Waals surface area contributed by atoms with Gasteiger partial charge in [0, 0.05) is 30.1 Å². The number of aryl methyl sites for hydroxylation is 1. The van der Waals surface area contributed by atoms with Crippen molar-refractivity contribution >= 4 is 16.9 Å². The van der Waals surface area contributed by atoms with Crippen LogP contribution in [0.4, 0.5) is 13.2 Å². The highest BCUT2D eigenvalue weighted by Gasteiger charge is 2.33. The van der Waals surface area contributed by atoms with Gasteiger partial charge in [0.15, 0.2) is 0 Å². The second-order valence-corrected chi connectivity index (χ2v) is 10.1. The number of piperidine rings is 1. The van der Waals surface area contributed by atoms with Gasteiger partial charge in [0.05, 0.1) is 24.7 Å². The van der Waals surface area contributed by atoms with Gasteiger partial charge in [0.1, 0.15) is 5.75 Å². The molecule has 0 unspecified atom stereocenters. The molecule has 2 heterocycles. The van der Waals surface area contributed by atoms with Crippen LogP contribution in [0.1, 0.15) is 48.8 Å². The van der Waals surface area contributed by atoms with Crippen LogP contribution in [0.3, 0.4) is 0 Å². The summed E-state index contributed by atoms with van der Waals surface area (Å²) in [7, 11) is 1.65. The van der Waals surface area contributed by atoms with E-state index < -0.39 is 17.7 Å². The molecule has 1 saturated heterocycles. The number of pyridine rings is 1. The van der Waals surface area contributed by atoms with Gasteiger partial charge in [0.25, 0.3) is 0 Å². The smallest absolute Gasteiger partial charge is 0.417 e. The molecule has 0 aliphatic carbocycles. The molecule has 0 bridgehead atoms. The number of hydrogen-bond acceptors (Lipinski definition) is 4. The summed E-state index contributed by atoms with van der Waals surface area (Å²) in [5.74, 6) is 6.19. The fourth-order valence-electron chi connectivity index (χ4n) is 5.48. The standard InChI is InChI=1S/C31H33F3N2O3/c1-39-26-12-13-29-27(20-26)23(15-17-35-29)8-4-7-22-16-19-36(21-25(22)11-14-30(37)38)18-5-9-24-6-2-3-10-28(24)31(32,33)34/h2-3,6,10,12-13,15,17,20,22,25H,4,7-8,11,14,16,18-19,21H2,1H3,(H,37,38)/t22-,25+/m1/s1. The molecule has 2 atom stereocenters. The van der Waals surface area contributed by atoms with Crippen LogP contribution < -0.4 is 4.74 Å². The molecule has 2 aromatic carbocycles. The summed E-state index contributed by atoms with van der Waals surface area (Å²) < 4.78 is 45.2. The summed E-state index contributed by atoms with van der Waals surface area (Å²) >= 11 is 0. The molecule has 0 radical (unpaired) electrons. The molecule has 3 aromatic rings. The number of carbonyl (C=O) groups is 1. The molecule has 4 rings (SSSR count). The number of carboxylic acids is 1. The molecule has 1 fully saturated rings. The third-order valence-corrected chi connectivity index (χ3v) is 7.52. The quantitative estimate of drug-likeness (QED) is 0.318. The zero-order valence-corrected chi connectivity index (χ0v) is 22.0. The van der Waals surface area contributed by atoms with Gasteiger partial charge in [-0.25, -0.2) is 0 Å². The van der Waals surface area contributed by atoms with E-state index in [-0.39, 0.29) is 17.9 Å². The highest BCUT2D eigenvalue weighted by atomic mass is 19.4.